The number of carbonyl (C=O) groups excluding carboxylic acids is 2. The topological polar surface area (TPSA) is 73.9 Å². The number of methoxy groups -OCH3 is 1. The Morgan fingerprint density at radius 1 is 0.895 bits per heavy atom. The van der Waals surface area contributed by atoms with Crippen LogP contribution in [0.5, 0.6) is 0 Å². The van der Waals surface area contributed by atoms with Crippen LogP contribution in [0.1, 0.15) is 32.7 Å². The Bertz CT molecular complexity index is 1250. The molecule has 0 aromatic heterocycles. The van der Waals surface area contributed by atoms with Gasteiger partial charge >= 0.3 is 0 Å². The summed E-state index contributed by atoms with van der Waals surface area (Å²) in [7, 11) is 1.64. The van der Waals surface area contributed by atoms with Gasteiger partial charge in [-0.2, -0.15) is 0 Å². The van der Waals surface area contributed by atoms with Crippen LogP contribution in [0.2, 0.25) is 10.0 Å². The minimum absolute atomic E-state index is 0.187. The van der Waals surface area contributed by atoms with Crippen molar-refractivity contribution in [3.05, 3.63) is 93.5 Å². The highest BCUT2D eigenvalue weighted by Gasteiger charge is 2.22. The number of hydrogen-bond donors (Lipinski definition) is 2. The van der Waals surface area contributed by atoms with E-state index in [0.29, 0.717) is 46.4 Å². The quantitative estimate of drug-likeness (QED) is 0.331. The summed E-state index contributed by atoms with van der Waals surface area (Å²) < 4.78 is 5.09. The molecule has 1 saturated heterocycles. The Balaban J connectivity index is 1.49. The number of nitrogens with one attached hydrogen (secondary N) is 2. The third-order valence-corrected chi connectivity index (χ3v) is 7.19. The third-order valence-electron chi connectivity index (χ3n) is 6.45. The van der Waals surface area contributed by atoms with E-state index in [4.69, 9.17) is 27.9 Å². The molecule has 2 amide bonds. The summed E-state index contributed by atoms with van der Waals surface area (Å²) in [5, 5.41) is 6.53. The van der Waals surface area contributed by atoms with E-state index >= 15 is 0 Å². The highest BCUT2D eigenvalue weighted by Crippen LogP contribution is 2.27. The number of hydrogen-bond acceptors (Lipinski definition) is 5. The van der Waals surface area contributed by atoms with Crippen LogP contribution in [0, 0.1) is 0 Å². The van der Waals surface area contributed by atoms with Crippen molar-refractivity contribution in [2.24, 2.45) is 0 Å². The van der Waals surface area contributed by atoms with Gasteiger partial charge in [0.05, 0.1) is 15.6 Å². The van der Waals surface area contributed by atoms with Gasteiger partial charge in [-0.25, -0.2) is 0 Å². The lowest BCUT2D eigenvalue weighted by Gasteiger charge is -2.37. The van der Waals surface area contributed by atoms with E-state index in [-0.39, 0.29) is 11.8 Å². The summed E-state index contributed by atoms with van der Waals surface area (Å²) in [5.74, 6) is -0.522. The maximum atomic E-state index is 13.2. The molecule has 0 saturated carbocycles. The fourth-order valence-electron chi connectivity index (χ4n) is 4.41. The van der Waals surface area contributed by atoms with Gasteiger partial charge in [-0.15, -0.1) is 0 Å². The molecule has 0 unspecified atom stereocenters. The summed E-state index contributed by atoms with van der Waals surface area (Å²) in [6.07, 6.45) is 0.712. The van der Waals surface area contributed by atoms with Crippen LogP contribution in [-0.4, -0.2) is 63.2 Å². The molecule has 7 nitrogen and oxygen atoms in total. The molecule has 1 heterocycles. The van der Waals surface area contributed by atoms with Crippen molar-refractivity contribution in [2.75, 3.05) is 56.7 Å². The second-order valence-corrected chi connectivity index (χ2v) is 9.98. The van der Waals surface area contributed by atoms with Gasteiger partial charge in [-0.3, -0.25) is 14.5 Å². The summed E-state index contributed by atoms with van der Waals surface area (Å²) in [4.78, 5) is 30.7. The zero-order valence-corrected chi connectivity index (χ0v) is 22.9. The number of carbonyl (C=O) groups is 2. The Kier molecular flexibility index (Phi) is 10.0. The van der Waals surface area contributed by atoms with E-state index in [1.165, 1.54) is 11.6 Å². The first kappa shape index (κ1) is 27.9. The average Bonchev–Trinajstić information content (AvgIpc) is 2.93. The Labute approximate surface area is 233 Å². The number of nitrogens with zero attached hydrogens (tertiary/aromatic N) is 2. The lowest BCUT2D eigenvalue weighted by atomic mass is 10.1. The molecule has 0 atom stereocenters. The predicted octanol–water partition coefficient (Wildman–Crippen LogP) is 5.33. The van der Waals surface area contributed by atoms with Gasteiger partial charge in [-0.05, 0) is 48.4 Å². The van der Waals surface area contributed by atoms with Gasteiger partial charge in [-0.1, -0.05) is 53.5 Å². The molecule has 3 aromatic carbocycles. The smallest absolute Gasteiger partial charge is 0.255 e. The molecule has 0 radical (unpaired) electrons. The second kappa shape index (κ2) is 13.6. The Morgan fingerprint density at radius 3 is 2.37 bits per heavy atom. The van der Waals surface area contributed by atoms with Crippen molar-refractivity contribution in [3.8, 4) is 0 Å². The SMILES string of the molecule is COCCCNC(=O)c1cc(NC(=O)c2ccc(Cl)c(Cl)c2)ccc1N1CCN(Cc2ccccc2)CC1. The number of halogens is 2. The van der Waals surface area contributed by atoms with Crippen LogP contribution in [0.25, 0.3) is 0 Å². The molecule has 4 rings (SSSR count). The van der Waals surface area contributed by atoms with Gasteiger partial charge in [0.2, 0.25) is 0 Å². The van der Waals surface area contributed by atoms with Crippen LogP contribution in [0.3, 0.4) is 0 Å². The standard InChI is InChI=1S/C29H32Cl2N4O3/c1-38-17-5-12-32-29(37)24-19-23(33-28(36)22-8-10-25(30)26(31)18-22)9-11-27(24)35-15-13-34(14-16-35)20-21-6-3-2-4-7-21/h2-4,6-11,18-19H,5,12-17,20H2,1H3,(H,32,37)(H,33,36). The third kappa shape index (κ3) is 7.48. The number of amides is 2. The first-order valence-corrected chi connectivity index (χ1v) is 13.4. The highest BCUT2D eigenvalue weighted by molar-refractivity contribution is 6.42. The van der Waals surface area contributed by atoms with Crippen LogP contribution < -0.4 is 15.5 Å². The fraction of sp³-hybridized carbons (Fsp3) is 0.310. The molecule has 0 bridgehead atoms. The van der Waals surface area contributed by atoms with E-state index < -0.39 is 0 Å². The molecule has 3 aromatic rings. The summed E-state index contributed by atoms with van der Waals surface area (Å²) >= 11 is 12.1. The molecule has 200 valence electrons. The summed E-state index contributed by atoms with van der Waals surface area (Å²) in [6, 6.07) is 20.6. The summed E-state index contributed by atoms with van der Waals surface area (Å²) in [5.41, 5.74) is 3.56. The number of piperazine rings is 1. The highest BCUT2D eigenvalue weighted by atomic mass is 35.5. The summed E-state index contributed by atoms with van der Waals surface area (Å²) in [6.45, 7) is 5.34. The van der Waals surface area contributed by atoms with Crippen molar-refractivity contribution in [2.45, 2.75) is 13.0 Å². The van der Waals surface area contributed by atoms with E-state index in [1.807, 2.05) is 18.2 Å². The first-order valence-electron chi connectivity index (χ1n) is 12.6. The monoisotopic (exact) mass is 554 g/mol. The first-order chi connectivity index (χ1) is 18.4. The van der Waals surface area contributed by atoms with E-state index in [9.17, 15) is 9.59 Å². The molecule has 1 aliphatic rings. The molecule has 1 aliphatic heterocycles. The van der Waals surface area contributed by atoms with Crippen LogP contribution >= 0.6 is 23.2 Å². The maximum absolute atomic E-state index is 13.2. The minimum atomic E-state index is -0.336. The van der Waals surface area contributed by atoms with Crippen LogP contribution in [0.4, 0.5) is 11.4 Å². The molecular formula is C29H32Cl2N4O3. The zero-order valence-electron chi connectivity index (χ0n) is 21.4. The fourth-order valence-corrected chi connectivity index (χ4v) is 4.71. The maximum Gasteiger partial charge on any atom is 0.255 e. The van der Waals surface area contributed by atoms with E-state index in [1.54, 1.807) is 25.3 Å². The molecule has 38 heavy (non-hydrogen) atoms. The largest absolute Gasteiger partial charge is 0.385 e. The van der Waals surface area contributed by atoms with Crippen molar-refractivity contribution < 1.29 is 14.3 Å². The van der Waals surface area contributed by atoms with Crippen molar-refractivity contribution >= 4 is 46.4 Å². The number of anilines is 2. The Hall–Kier alpha value is -3.10. The van der Waals surface area contributed by atoms with Gasteiger partial charge < -0.3 is 20.3 Å². The van der Waals surface area contributed by atoms with Gasteiger partial charge in [0.15, 0.2) is 0 Å². The van der Waals surface area contributed by atoms with E-state index in [0.717, 1.165) is 38.4 Å². The number of benzene rings is 3. The van der Waals surface area contributed by atoms with Crippen molar-refractivity contribution in [1.82, 2.24) is 10.2 Å². The van der Waals surface area contributed by atoms with Gasteiger partial charge in [0.25, 0.3) is 11.8 Å². The second-order valence-electron chi connectivity index (χ2n) is 9.17. The van der Waals surface area contributed by atoms with Gasteiger partial charge in [0.1, 0.15) is 0 Å². The molecule has 2 N–H and O–H groups in total. The van der Waals surface area contributed by atoms with Crippen molar-refractivity contribution in [3.63, 3.8) is 0 Å². The zero-order chi connectivity index (χ0) is 26.9. The molecule has 9 heteroatoms. The minimum Gasteiger partial charge on any atom is -0.385 e. The van der Waals surface area contributed by atoms with Crippen molar-refractivity contribution in [1.29, 1.82) is 0 Å². The van der Waals surface area contributed by atoms with Gasteiger partial charge in [0, 0.05) is 69.9 Å². The van der Waals surface area contributed by atoms with Crippen LogP contribution in [-0.2, 0) is 11.3 Å². The molecular weight excluding hydrogens is 523 g/mol. The molecule has 0 spiro atoms. The average molecular weight is 556 g/mol. The normalized spacial score (nSPS) is 13.8. The number of ether oxygens (including phenoxy) is 1. The predicted molar refractivity (Wildman–Crippen MR) is 154 cm³/mol. The van der Waals surface area contributed by atoms with Crippen LogP contribution in [0.15, 0.2) is 66.7 Å². The molecule has 0 aliphatic carbocycles. The lowest BCUT2D eigenvalue weighted by Crippen LogP contribution is -2.46. The lowest BCUT2D eigenvalue weighted by molar-refractivity contribution is 0.0947. The Morgan fingerprint density at radius 2 is 1.66 bits per heavy atom. The number of rotatable bonds is 10. The van der Waals surface area contributed by atoms with E-state index in [2.05, 4.69) is 44.7 Å². The molecule has 1 fully saturated rings.